The van der Waals surface area contributed by atoms with Gasteiger partial charge in [0.15, 0.2) is 14.1 Å². The first-order chi connectivity index (χ1) is 17.5. The van der Waals surface area contributed by atoms with E-state index in [-0.39, 0.29) is 10.5 Å². The van der Waals surface area contributed by atoms with Gasteiger partial charge in [-0.3, -0.25) is 4.68 Å². The quantitative estimate of drug-likeness (QED) is 0.351. The van der Waals surface area contributed by atoms with E-state index in [1.807, 2.05) is 29.1 Å². The molecule has 0 unspecified atom stereocenters. The minimum atomic E-state index is -1.92. The lowest BCUT2D eigenvalue weighted by Gasteiger charge is -2.39. The van der Waals surface area contributed by atoms with E-state index in [1.54, 1.807) is 6.20 Å². The van der Waals surface area contributed by atoms with Crippen LogP contribution in [-0.4, -0.2) is 41.2 Å². The van der Waals surface area contributed by atoms with Crippen molar-refractivity contribution in [1.82, 2.24) is 19.7 Å². The molecule has 1 atom stereocenters. The Morgan fingerprint density at radius 3 is 2.76 bits per heavy atom. The first kappa shape index (κ1) is 25.4. The van der Waals surface area contributed by atoms with E-state index in [1.165, 1.54) is 12.8 Å². The summed E-state index contributed by atoms with van der Waals surface area (Å²) in [6.45, 7) is 15.8. The molecule has 1 aliphatic carbocycles. The lowest BCUT2D eigenvalue weighted by Crippen LogP contribution is -2.45. The smallest absolute Gasteiger partial charge is 0.228 e. The van der Waals surface area contributed by atoms with Crippen molar-refractivity contribution in [3.63, 3.8) is 0 Å². The first-order valence-corrected chi connectivity index (χ1v) is 16.0. The number of nitrogens with one attached hydrogen (secondary N) is 2. The van der Waals surface area contributed by atoms with Crippen LogP contribution in [0.15, 0.2) is 36.7 Å². The molecule has 0 bridgehead atoms. The lowest BCUT2D eigenvalue weighted by atomic mass is 9.83. The van der Waals surface area contributed by atoms with Crippen molar-refractivity contribution in [3.05, 3.63) is 47.8 Å². The third-order valence-electron chi connectivity index (χ3n) is 8.10. The second-order valence-electron chi connectivity index (χ2n) is 12.3. The third-order valence-corrected chi connectivity index (χ3v) is 12.6. The van der Waals surface area contributed by atoms with E-state index in [0.717, 1.165) is 47.3 Å². The summed E-state index contributed by atoms with van der Waals surface area (Å²) in [7, 11) is -1.92. The van der Waals surface area contributed by atoms with Crippen molar-refractivity contribution in [2.45, 2.75) is 70.6 Å². The summed E-state index contributed by atoms with van der Waals surface area (Å²) in [5.74, 6) is 1.97. The molecule has 2 aromatic heterocycles. The summed E-state index contributed by atoms with van der Waals surface area (Å²) in [6, 6.07) is 10.3. The highest BCUT2D eigenvalue weighted by Crippen LogP contribution is 2.44. The minimum absolute atomic E-state index is 0.135. The SMILES string of the molecule is CC(C)(C)[Si](C)(C)OC[C@@]1(C)CNc2c(C#N)cc(-c3ccnc(Nc4ccn(CC5CC5)n4)n3)cc21. The number of nitrogens with zero attached hydrogens (tertiary/aromatic N) is 5. The van der Waals surface area contributed by atoms with Crippen LogP contribution in [-0.2, 0) is 16.4 Å². The van der Waals surface area contributed by atoms with Gasteiger partial charge >= 0.3 is 0 Å². The molecule has 37 heavy (non-hydrogen) atoms. The zero-order valence-electron chi connectivity index (χ0n) is 22.7. The van der Waals surface area contributed by atoms with Crippen LogP contribution in [0.5, 0.6) is 0 Å². The Morgan fingerprint density at radius 2 is 2.05 bits per heavy atom. The Labute approximate surface area is 220 Å². The maximum atomic E-state index is 9.96. The second-order valence-corrected chi connectivity index (χ2v) is 17.1. The van der Waals surface area contributed by atoms with Gasteiger partial charge in [-0.15, -0.1) is 0 Å². The first-order valence-electron chi connectivity index (χ1n) is 13.1. The molecular formula is C28H37N7OSi. The predicted octanol–water partition coefficient (Wildman–Crippen LogP) is 6.07. The van der Waals surface area contributed by atoms with Gasteiger partial charge in [0.1, 0.15) is 6.07 Å². The van der Waals surface area contributed by atoms with E-state index < -0.39 is 8.32 Å². The van der Waals surface area contributed by atoms with Gasteiger partial charge in [0.05, 0.1) is 16.9 Å². The van der Waals surface area contributed by atoms with Crippen LogP contribution in [0.25, 0.3) is 11.3 Å². The van der Waals surface area contributed by atoms with E-state index in [2.05, 4.69) is 73.6 Å². The average Bonchev–Trinajstić information content (AvgIpc) is 3.46. The Kier molecular flexibility index (Phi) is 6.37. The number of anilines is 3. The Balaban J connectivity index is 1.41. The number of rotatable bonds is 8. The van der Waals surface area contributed by atoms with E-state index >= 15 is 0 Å². The topological polar surface area (TPSA) is 101 Å². The van der Waals surface area contributed by atoms with Crippen LogP contribution in [0.2, 0.25) is 18.1 Å². The Bertz CT molecular complexity index is 1350. The summed E-state index contributed by atoms with van der Waals surface area (Å²) < 4.78 is 8.62. The van der Waals surface area contributed by atoms with Gasteiger partial charge in [-0.2, -0.15) is 10.4 Å². The average molecular weight is 516 g/mol. The molecule has 8 nitrogen and oxygen atoms in total. The largest absolute Gasteiger partial charge is 0.416 e. The fraction of sp³-hybridized carbons (Fsp3) is 0.500. The van der Waals surface area contributed by atoms with Crippen LogP contribution in [0.4, 0.5) is 17.5 Å². The van der Waals surface area contributed by atoms with Crippen LogP contribution in [0.3, 0.4) is 0 Å². The number of nitriles is 1. The lowest BCUT2D eigenvalue weighted by molar-refractivity contribution is 0.220. The van der Waals surface area contributed by atoms with Crippen LogP contribution in [0.1, 0.15) is 51.7 Å². The molecule has 2 aliphatic rings. The Hall–Kier alpha value is -3.22. The fourth-order valence-electron chi connectivity index (χ4n) is 4.40. The molecular weight excluding hydrogens is 478 g/mol. The molecule has 3 aromatic rings. The van der Waals surface area contributed by atoms with Gasteiger partial charge in [-0.1, -0.05) is 27.7 Å². The molecule has 3 heterocycles. The van der Waals surface area contributed by atoms with Crippen molar-refractivity contribution in [1.29, 1.82) is 5.26 Å². The van der Waals surface area contributed by atoms with E-state index in [9.17, 15) is 5.26 Å². The molecule has 0 saturated heterocycles. The van der Waals surface area contributed by atoms with Crippen molar-refractivity contribution >= 4 is 25.8 Å². The zero-order chi connectivity index (χ0) is 26.4. The minimum Gasteiger partial charge on any atom is -0.416 e. The van der Waals surface area contributed by atoms with Gasteiger partial charge in [0.25, 0.3) is 0 Å². The number of fused-ring (bicyclic) bond motifs is 1. The predicted molar refractivity (Wildman–Crippen MR) is 149 cm³/mol. The van der Waals surface area contributed by atoms with Crippen LogP contribution in [0, 0.1) is 17.2 Å². The monoisotopic (exact) mass is 515 g/mol. The van der Waals surface area contributed by atoms with Gasteiger partial charge in [-0.05, 0) is 60.7 Å². The van der Waals surface area contributed by atoms with E-state index in [0.29, 0.717) is 18.1 Å². The summed E-state index contributed by atoms with van der Waals surface area (Å²) in [5, 5.41) is 21.4. The molecule has 1 aliphatic heterocycles. The normalized spacial score (nSPS) is 19.3. The van der Waals surface area contributed by atoms with Gasteiger partial charge in [0, 0.05) is 49.1 Å². The maximum Gasteiger partial charge on any atom is 0.228 e. The highest BCUT2D eigenvalue weighted by atomic mass is 28.4. The Morgan fingerprint density at radius 1 is 1.27 bits per heavy atom. The maximum absolute atomic E-state index is 9.96. The standard InChI is InChI=1S/C28H37N7OSi/c1-27(2,3)37(5,6)36-18-28(4)17-31-25-21(15-29)13-20(14-22(25)28)23-9-11-30-26(32-23)33-24-10-12-35(34-24)16-19-7-8-19/h9-14,19,31H,7-8,16-18H2,1-6H3,(H,30,32,33,34)/t28-/m1/s1. The molecule has 1 aromatic carbocycles. The molecule has 0 spiro atoms. The summed E-state index contributed by atoms with van der Waals surface area (Å²) >= 11 is 0. The molecule has 194 valence electrons. The van der Waals surface area contributed by atoms with Crippen molar-refractivity contribution in [2.24, 2.45) is 5.92 Å². The number of benzene rings is 1. The second kappa shape index (κ2) is 9.26. The number of aromatic nitrogens is 4. The molecule has 0 amide bonds. The van der Waals surface area contributed by atoms with Crippen molar-refractivity contribution in [2.75, 3.05) is 23.8 Å². The number of hydrogen-bond donors (Lipinski definition) is 2. The van der Waals surface area contributed by atoms with Crippen molar-refractivity contribution in [3.8, 4) is 17.3 Å². The molecule has 1 fully saturated rings. The summed E-state index contributed by atoms with van der Waals surface area (Å²) in [4.78, 5) is 9.16. The van der Waals surface area contributed by atoms with Crippen LogP contribution < -0.4 is 10.6 Å². The number of hydrogen-bond acceptors (Lipinski definition) is 7. The van der Waals surface area contributed by atoms with Crippen LogP contribution >= 0.6 is 0 Å². The van der Waals surface area contributed by atoms with Gasteiger partial charge in [-0.25, -0.2) is 9.97 Å². The van der Waals surface area contributed by atoms with Gasteiger partial charge in [0.2, 0.25) is 5.95 Å². The molecule has 1 saturated carbocycles. The zero-order valence-corrected chi connectivity index (χ0v) is 23.7. The van der Waals surface area contributed by atoms with E-state index in [4.69, 9.17) is 9.41 Å². The third kappa shape index (κ3) is 5.27. The molecule has 0 radical (unpaired) electrons. The highest BCUT2D eigenvalue weighted by Gasteiger charge is 2.42. The molecule has 2 N–H and O–H groups in total. The summed E-state index contributed by atoms with van der Waals surface area (Å²) in [6.07, 6.45) is 6.31. The summed E-state index contributed by atoms with van der Waals surface area (Å²) in [5.41, 5.74) is 4.04. The molecule has 5 rings (SSSR count). The molecule has 9 heteroatoms. The highest BCUT2D eigenvalue weighted by molar-refractivity contribution is 6.74. The van der Waals surface area contributed by atoms with Gasteiger partial charge < -0.3 is 15.1 Å². The fourth-order valence-corrected chi connectivity index (χ4v) is 5.51. The van der Waals surface area contributed by atoms with Crippen molar-refractivity contribution < 1.29 is 4.43 Å².